The van der Waals surface area contributed by atoms with Crippen LogP contribution in [0.1, 0.15) is 81.3 Å². The summed E-state index contributed by atoms with van der Waals surface area (Å²) in [5.74, 6) is 0.188. The maximum Gasteiger partial charge on any atom is 0.407 e. The van der Waals surface area contributed by atoms with Gasteiger partial charge in [-0.15, -0.1) is 0 Å². The van der Waals surface area contributed by atoms with Crippen LogP contribution in [0.4, 0.5) is 13.6 Å². The fourth-order valence-electron chi connectivity index (χ4n) is 7.52. The number of nitrogens with one attached hydrogen (secondary N) is 3. The Bertz CT molecular complexity index is 2150. The molecule has 0 bridgehead atoms. The van der Waals surface area contributed by atoms with E-state index in [4.69, 9.17) is 4.74 Å². The van der Waals surface area contributed by atoms with Crippen LogP contribution in [0.3, 0.4) is 0 Å². The van der Waals surface area contributed by atoms with Crippen molar-refractivity contribution in [2.45, 2.75) is 64.1 Å². The van der Waals surface area contributed by atoms with Crippen molar-refractivity contribution in [3.63, 3.8) is 0 Å². The molecular weight excluding hydrogens is 692 g/mol. The number of aromatic amines is 2. The van der Waals surface area contributed by atoms with Crippen molar-refractivity contribution in [2.75, 3.05) is 20.2 Å². The van der Waals surface area contributed by atoms with Crippen LogP contribution in [0.5, 0.6) is 0 Å². The highest BCUT2D eigenvalue weighted by molar-refractivity contribution is 5.87. The zero-order chi connectivity index (χ0) is 37.9. The summed E-state index contributed by atoms with van der Waals surface area (Å²) in [7, 11) is 1.24. The number of alkyl carbamates (subject to hydrolysis) is 1. The molecule has 13 heteroatoms. The van der Waals surface area contributed by atoms with Crippen molar-refractivity contribution in [3.8, 4) is 33.6 Å². The van der Waals surface area contributed by atoms with Gasteiger partial charge < -0.3 is 29.8 Å². The average molecular weight is 736 g/mol. The zero-order valence-electron chi connectivity index (χ0n) is 30.4. The Kier molecular flexibility index (Phi) is 10.6. The summed E-state index contributed by atoms with van der Waals surface area (Å²) >= 11 is 0. The molecular formula is C41H43F2N7O4. The molecule has 3 aromatic carbocycles. The molecule has 0 unspecified atom stereocenters. The molecule has 4 heterocycles. The standard InChI is InChI=1S/C41H43F2N7O4/c1-24(2)19-36(51)49-17-7-11-34(49)38-44-22-32(46-38)28-15-13-26(20-30(28)42)27-14-16-29(31(43)21-27)33-23-45-39(47-33)35-12-8-18-50(35)40(52)37(48-41(53)54-3)25-9-5-4-6-10-25/h4-6,9-10,13-16,20-24,34-35,37H,7-8,11-12,17-19H2,1-3H3,(H,44,46)(H,45,47)(H,48,53)/t34-,35-,37+/m0/s1. The van der Waals surface area contributed by atoms with E-state index in [1.54, 1.807) is 59.6 Å². The number of nitrogens with zero attached hydrogens (tertiary/aromatic N) is 4. The SMILES string of the molecule is COC(=O)N[C@@H](C(=O)N1CCC[C@H]1c1ncc(-c2ccc(-c3ccc(-c4cnc([C@@H]5CCCN5C(=O)CC(C)C)[nH]4)c(F)c3)cc2F)[nH]1)c1ccccc1. The van der Waals surface area contributed by atoms with Gasteiger partial charge in [0.25, 0.3) is 5.91 Å². The van der Waals surface area contributed by atoms with Gasteiger partial charge in [0, 0.05) is 30.6 Å². The van der Waals surface area contributed by atoms with Crippen LogP contribution in [0.25, 0.3) is 33.6 Å². The van der Waals surface area contributed by atoms with Gasteiger partial charge in [0.2, 0.25) is 5.91 Å². The van der Waals surface area contributed by atoms with Crippen LogP contribution in [-0.4, -0.2) is 67.8 Å². The van der Waals surface area contributed by atoms with E-state index in [0.29, 0.717) is 71.2 Å². The van der Waals surface area contributed by atoms with E-state index in [9.17, 15) is 14.4 Å². The van der Waals surface area contributed by atoms with Crippen molar-refractivity contribution in [3.05, 3.63) is 108 Å². The lowest BCUT2D eigenvalue weighted by Gasteiger charge is -2.28. The van der Waals surface area contributed by atoms with Gasteiger partial charge in [-0.3, -0.25) is 9.59 Å². The number of rotatable bonds is 10. The van der Waals surface area contributed by atoms with Crippen LogP contribution in [0.15, 0.2) is 79.1 Å². The first-order valence-corrected chi connectivity index (χ1v) is 18.3. The maximum atomic E-state index is 15.7. The number of amides is 3. The third kappa shape index (κ3) is 7.48. The van der Waals surface area contributed by atoms with Gasteiger partial charge in [0.05, 0.1) is 43.0 Å². The Morgan fingerprint density at radius 2 is 1.35 bits per heavy atom. The summed E-state index contributed by atoms with van der Waals surface area (Å²) in [5, 5.41) is 2.65. The molecule has 0 radical (unpaired) electrons. The molecule has 7 rings (SSSR count). The smallest absolute Gasteiger partial charge is 0.407 e. The van der Waals surface area contributed by atoms with Crippen LogP contribution in [0.2, 0.25) is 0 Å². The number of halogens is 2. The predicted octanol–water partition coefficient (Wildman–Crippen LogP) is 7.88. The number of carbonyl (C=O) groups excluding carboxylic acids is 3. The summed E-state index contributed by atoms with van der Waals surface area (Å²) in [6.45, 7) is 5.18. The van der Waals surface area contributed by atoms with Crippen molar-refractivity contribution in [1.29, 1.82) is 0 Å². The number of ether oxygens (including phenoxy) is 1. The molecule has 0 aliphatic carbocycles. The third-order valence-corrected chi connectivity index (χ3v) is 10.2. The van der Waals surface area contributed by atoms with Crippen molar-refractivity contribution < 1.29 is 27.9 Å². The molecule has 5 aromatic rings. The fourth-order valence-corrected chi connectivity index (χ4v) is 7.52. The van der Waals surface area contributed by atoms with E-state index in [2.05, 4.69) is 25.3 Å². The molecule has 280 valence electrons. The van der Waals surface area contributed by atoms with E-state index < -0.39 is 29.8 Å². The van der Waals surface area contributed by atoms with E-state index in [-0.39, 0.29) is 29.3 Å². The van der Waals surface area contributed by atoms with Gasteiger partial charge in [-0.05, 0) is 72.6 Å². The number of aromatic nitrogens is 4. The minimum atomic E-state index is -0.955. The molecule has 2 saturated heterocycles. The largest absolute Gasteiger partial charge is 0.453 e. The fraction of sp³-hybridized carbons (Fsp3) is 0.341. The van der Waals surface area contributed by atoms with E-state index >= 15 is 8.78 Å². The Balaban J connectivity index is 1.06. The average Bonchev–Trinajstić information content (AvgIpc) is 4.00. The summed E-state index contributed by atoms with van der Waals surface area (Å²) in [5.41, 5.74) is 3.16. The zero-order valence-corrected chi connectivity index (χ0v) is 30.4. The lowest BCUT2D eigenvalue weighted by molar-refractivity contribution is -0.135. The second-order valence-corrected chi connectivity index (χ2v) is 14.3. The summed E-state index contributed by atoms with van der Waals surface area (Å²) in [4.78, 5) is 57.9. The summed E-state index contributed by atoms with van der Waals surface area (Å²) < 4.78 is 36.1. The predicted molar refractivity (Wildman–Crippen MR) is 199 cm³/mol. The van der Waals surface area contributed by atoms with Gasteiger partial charge in [-0.2, -0.15) is 0 Å². The highest BCUT2D eigenvalue weighted by Crippen LogP contribution is 2.37. The first kappa shape index (κ1) is 36.5. The lowest BCUT2D eigenvalue weighted by atomic mass is 10.00. The maximum absolute atomic E-state index is 15.7. The number of benzene rings is 3. The highest BCUT2D eigenvalue weighted by atomic mass is 19.1. The minimum absolute atomic E-state index is 0.100. The Morgan fingerprint density at radius 3 is 1.87 bits per heavy atom. The van der Waals surface area contributed by atoms with Gasteiger partial charge >= 0.3 is 6.09 Å². The monoisotopic (exact) mass is 735 g/mol. The Hall–Kier alpha value is -5.85. The molecule has 11 nitrogen and oxygen atoms in total. The van der Waals surface area contributed by atoms with Crippen LogP contribution in [0, 0.1) is 17.6 Å². The molecule has 2 aliphatic rings. The summed E-state index contributed by atoms with van der Waals surface area (Å²) in [6, 6.07) is 16.9. The van der Waals surface area contributed by atoms with Crippen molar-refractivity contribution in [1.82, 2.24) is 35.1 Å². The number of carbonyl (C=O) groups is 3. The van der Waals surface area contributed by atoms with Crippen LogP contribution in [-0.2, 0) is 14.3 Å². The van der Waals surface area contributed by atoms with E-state index in [1.165, 1.54) is 25.4 Å². The van der Waals surface area contributed by atoms with Crippen LogP contribution >= 0.6 is 0 Å². The van der Waals surface area contributed by atoms with Gasteiger partial charge in [-0.1, -0.05) is 56.3 Å². The molecule has 2 fully saturated rings. The van der Waals surface area contributed by atoms with Crippen molar-refractivity contribution >= 4 is 17.9 Å². The first-order chi connectivity index (χ1) is 26.1. The topological polar surface area (TPSA) is 136 Å². The molecule has 0 spiro atoms. The second kappa shape index (κ2) is 15.6. The van der Waals surface area contributed by atoms with Crippen LogP contribution < -0.4 is 5.32 Å². The van der Waals surface area contributed by atoms with E-state index in [0.717, 1.165) is 19.3 Å². The van der Waals surface area contributed by atoms with Gasteiger partial charge in [0.1, 0.15) is 29.3 Å². The number of hydrogen-bond acceptors (Lipinski definition) is 6. The molecule has 0 saturated carbocycles. The number of hydrogen-bond donors (Lipinski definition) is 3. The molecule has 3 atom stereocenters. The normalized spacial score (nSPS) is 17.6. The van der Waals surface area contributed by atoms with Gasteiger partial charge in [0.15, 0.2) is 0 Å². The van der Waals surface area contributed by atoms with Gasteiger partial charge in [-0.25, -0.2) is 23.5 Å². The van der Waals surface area contributed by atoms with E-state index in [1.807, 2.05) is 24.8 Å². The number of imidazole rings is 2. The molecule has 2 aliphatic heterocycles. The quantitative estimate of drug-likeness (QED) is 0.134. The second-order valence-electron chi connectivity index (χ2n) is 14.3. The molecule has 3 N–H and O–H groups in total. The lowest BCUT2D eigenvalue weighted by Crippen LogP contribution is -2.42. The Labute approximate surface area is 312 Å². The highest BCUT2D eigenvalue weighted by Gasteiger charge is 2.37. The van der Waals surface area contributed by atoms with Crippen molar-refractivity contribution in [2.24, 2.45) is 5.92 Å². The minimum Gasteiger partial charge on any atom is -0.453 e. The molecule has 3 amide bonds. The molecule has 54 heavy (non-hydrogen) atoms. The Morgan fingerprint density at radius 1 is 0.815 bits per heavy atom. The third-order valence-electron chi connectivity index (χ3n) is 10.2. The number of likely N-dealkylation sites (tertiary alicyclic amines) is 2. The number of methoxy groups -OCH3 is 1. The molecule has 2 aromatic heterocycles. The summed E-state index contributed by atoms with van der Waals surface area (Å²) in [6.07, 6.45) is 5.92. The first-order valence-electron chi connectivity index (χ1n) is 18.3. The number of H-pyrrole nitrogens is 2.